The van der Waals surface area contributed by atoms with E-state index in [2.05, 4.69) is 17.0 Å². The van der Waals surface area contributed by atoms with Gasteiger partial charge in [0.25, 0.3) is 0 Å². The average molecular weight is 610 g/mol. The first-order valence-electron chi connectivity index (χ1n) is 15.6. The van der Waals surface area contributed by atoms with E-state index in [0.717, 1.165) is 50.1 Å². The van der Waals surface area contributed by atoms with Crippen LogP contribution in [0.2, 0.25) is 0 Å². The second kappa shape index (κ2) is 13.2. The summed E-state index contributed by atoms with van der Waals surface area (Å²) in [5.41, 5.74) is 10.3. The molecular formula is C45H27N3. The third-order valence-corrected chi connectivity index (χ3v) is 8.65. The lowest BCUT2D eigenvalue weighted by molar-refractivity contribution is 1.43. The zero-order valence-electron chi connectivity index (χ0n) is 25.9. The maximum atomic E-state index is 11.1. The third kappa shape index (κ3) is 5.21. The van der Waals surface area contributed by atoms with Gasteiger partial charge in [0.1, 0.15) is 0 Å². The van der Waals surface area contributed by atoms with Crippen molar-refractivity contribution in [1.82, 2.24) is 0 Å². The molecule has 0 aliphatic carbocycles. The maximum absolute atomic E-state index is 11.1. The van der Waals surface area contributed by atoms with Crippen LogP contribution in [-0.4, -0.2) is 0 Å². The monoisotopic (exact) mass is 609 g/mol. The van der Waals surface area contributed by atoms with Crippen molar-refractivity contribution >= 4 is 5.69 Å². The van der Waals surface area contributed by atoms with Crippen molar-refractivity contribution in [1.29, 1.82) is 10.5 Å². The Labute approximate surface area is 280 Å². The molecule has 0 fully saturated rings. The van der Waals surface area contributed by atoms with E-state index in [0.29, 0.717) is 27.8 Å². The summed E-state index contributed by atoms with van der Waals surface area (Å²) in [4.78, 5) is 4.17. The van der Waals surface area contributed by atoms with Crippen LogP contribution in [0.5, 0.6) is 0 Å². The van der Waals surface area contributed by atoms with Crippen LogP contribution in [-0.2, 0) is 0 Å². The fourth-order valence-corrected chi connectivity index (χ4v) is 6.58. The predicted octanol–water partition coefficient (Wildman–Crippen LogP) is 12.0. The zero-order chi connectivity index (χ0) is 32.9. The first-order valence-corrected chi connectivity index (χ1v) is 15.6. The number of nitrogens with zero attached hydrogens (tertiary/aromatic N) is 3. The van der Waals surface area contributed by atoms with Crippen molar-refractivity contribution in [3.8, 4) is 78.9 Å². The van der Waals surface area contributed by atoms with Gasteiger partial charge in [-0.2, -0.15) is 10.5 Å². The highest BCUT2D eigenvalue weighted by Gasteiger charge is 2.30. The Morgan fingerprint density at radius 3 is 0.917 bits per heavy atom. The number of benzene rings is 7. The molecule has 0 saturated heterocycles. The van der Waals surface area contributed by atoms with Crippen molar-refractivity contribution in [2.24, 2.45) is 0 Å². The molecule has 0 bridgehead atoms. The van der Waals surface area contributed by atoms with Gasteiger partial charge in [0.15, 0.2) is 0 Å². The second-order valence-electron chi connectivity index (χ2n) is 11.3. The molecule has 222 valence electrons. The summed E-state index contributed by atoms with van der Waals surface area (Å²) in [5, 5.41) is 22.2. The highest BCUT2D eigenvalue weighted by atomic mass is 14.7. The molecule has 7 aromatic carbocycles. The molecule has 0 amide bonds. The van der Waals surface area contributed by atoms with E-state index in [-0.39, 0.29) is 5.69 Å². The molecule has 0 radical (unpaired) electrons. The Hall–Kier alpha value is -6.99. The van der Waals surface area contributed by atoms with E-state index >= 15 is 0 Å². The Kier molecular flexibility index (Phi) is 8.15. The third-order valence-electron chi connectivity index (χ3n) is 8.65. The van der Waals surface area contributed by atoms with Crippen molar-refractivity contribution in [2.45, 2.75) is 0 Å². The molecule has 0 aliphatic heterocycles. The van der Waals surface area contributed by atoms with Crippen LogP contribution >= 0.6 is 0 Å². The molecular weight excluding hydrogens is 583 g/mol. The lowest BCUT2D eigenvalue weighted by atomic mass is 9.78. The lowest BCUT2D eigenvalue weighted by Crippen LogP contribution is -2.01. The Morgan fingerprint density at radius 2 is 0.625 bits per heavy atom. The lowest BCUT2D eigenvalue weighted by Gasteiger charge is -2.23. The van der Waals surface area contributed by atoms with Gasteiger partial charge < -0.3 is 0 Å². The van der Waals surface area contributed by atoms with E-state index in [1.807, 2.05) is 164 Å². The van der Waals surface area contributed by atoms with Crippen LogP contribution < -0.4 is 0 Å². The first-order chi connectivity index (χ1) is 23.7. The van der Waals surface area contributed by atoms with Crippen LogP contribution in [0.25, 0.3) is 71.6 Å². The Balaban J connectivity index is 1.70. The molecule has 0 unspecified atom stereocenters. The highest BCUT2D eigenvalue weighted by Crippen LogP contribution is 2.53. The summed E-state index contributed by atoms with van der Waals surface area (Å²) in [6.45, 7) is 8.68. The molecule has 48 heavy (non-hydrogen) atoms. The van der Waals surface area contributed by atoms with E-state index in [9.17, 15) is 10.5 Å². The number of rotatable bonds is 6. The molecule has 0 aliphatic rings. The summed E-state index contributed by atoms with van der Waals surface area (Å²) >= 11 is 0. The summed E-state index contributed by atoms with van der Waals surface area (Å²) in [7, 11) is 0. The summed E-state index contributed by atoms with van der Waals surface area (Å²) in [5.74, 6) is 0. The van der Waals surface area contributed by atoms with Gasteiger partial charge in [-0.05, 0) is 50.1 Å². The molecule has 0 atom stereocenters. The van der Waals surface area contributed by atoms with Crippen LogP contribution in [0, 0.1) is 29.2 Å². The minimum absolute atomic E-state index is 0.274. The standard InChI is InChI=1S/C45H27N3/c1-48-45-43(38-27-15-12-24-35(38)32-19-7-3-8-20-32)40(29-46)42(37-26-14-11-23-34(37)31-17-5-2-6-18-31)41(30-47)44(45)39-28-16-13-25-36(39)33-21-9-4-10-22-33/h2-28H. The summed E-state index contributed by atoms with van der Waals surface area (Å²) < 4.78 is 0. The fraction of sp³-hybridized carbons (Fsp3) is 0. The SMILES string of the molecule is [C-]#[N+]c1c(-c2ccccc2-c2ccccc2)c(C#N)c(-c2ccccc2-c2ccccc2)c(C#N)c1-c1ccccc1-c1ccccc1. The van der Waals surface area contributed by atoms with Crippen LogP contribution in [0.3, 0.4) is 0 Å². The van der Waals surface area contributed by atoms with Gasteiger partial charge in [-0.1, -0.05) is 164 Å². The van der Waals surface area contributed by atoms with Gasteiger partial charge in [0.05, 0.1) is 29.8 Å². The molecule has 3 nitrogen and oxygen atoms in total. The molecule has 7 aromatic rings. The highest BCUT2D eigenvalue weighted by molar-refractivity contribution is 6.08. The van der Waals surface area contributed by atoms with E-state index in [1.165, 1.54) is 0 Å². The maximum Gasteiger partial charge on any atom is 0.205 e. The smallest absolute Gasteiger partial charge is 0.205 e. The van der Waals surface area contributed by atoms with Crippen molar-refractivity contribution in [2.75, 3.05) is 0 Å². The average Bonchev–Trinajstić information content (AvgIpc) is 3.17. The quantitative estimate of drug-likeness (QED) is 0.176. The molecule has 7 rings (SSSR count). The van der Waals surface area contributed by atoms with Gasteiger partial charge in [0.2, 0.25) is 5.69 Å². The van der Waals surface area contributed by atoms with Crippen LogP contribution in [0.15, 0.2) is 164 Å². The first kappa shape index (κ1) is 29.7. The van der Waals surface area contributed by atoms with Gasteiger partial charge in [-0.25, -0.2) is 4.85 Å². The number of nitriles is 2. The molecule has 0 aromatic heterocycles. The zero-order valence-corrected chi connectivity index (χ0v) is 25.9. The van der Waals surface area contributed by atoms with Crippen LogP contribution in [0.4, 0.5) is 5.69 Å². The number of hydrogen-bond donors (Lipinski definition) is 0. The molecule has 0 spiro atoms. The van der Waals surface area contributed by atoms with Gasteiger partial charge in [-0.3, -0.25) is 0 Å². The number of hydrogen-bond acceptors (Lipinski definition) is 2. The van der Waals surface area contributed by atoms with Crippen LogP contribution in [0.1, 0.15) is 11.1 Å². The minimum atomic E-state index is 0.274. The molecule has 0 saturated carbocycles. The molecule has 0 N–H and O–H groups in total. The fourth-order valence-electron chi connectivity index (χ4n) is 6.58. The van der Waals surface area contributed by atoms with Crippen molar-refractivity contribution in [3.05, 3.63) is 186 Å². The molecule has 0 heterocycles. The van der Waals surface area contributed by atoms with E-state index in [4.69, 9.17) is 6.57 Å². The predicted molar refractivity (Wildman–Crippen MR) is 195 cm³/mol. The normalized spacial score (nSPS) is 10.4. The van der Waals surface area contributed by atoms with Gasteiger partial charge in [0, 0.05) is 16.7 Å². The van der Waals surface area contributed by atoms with Crippen molar-refractivity contribution < 1.29 is 0 Å². The Morgan fingerprint density at radius 1 is 0.354 bits per heavy atom. The van der Waals surface area contributed by atoms with Gasteiger partial charge in [-0.15, -0.1) is 0 Å². The topological polar surface area (TPSA) is 51.9 Å². The van der Waals surface area contributed by atoms with E-state index in [1.54, 1.807) is 0 Å². The second-order valence-corrected chi connectivity index (χ2v) is 11.3. The van der Waals surface area contributed by atoms with Crippen molar-refractivity contribution in [3.63, 3.8) is 0 Å². The summed E-state index contributed by atoms with van der Waals surface area (Å²) in [6.07, 6.45) is 0. The van der Waals surface area contributed by atoms with E-state index < -0.39 is 0 Å². The summed E-state index contributed by atoms with van der Waals surface area (Å²) in [6, 6.07) is 58.6. The minimum Gasteiger partial charge on any atom is -0.237 e. The Bertz CT molecular complexity index is 2110. The van der Waals surface area contributed by atoms with Gasteiger partial charge >= 0.3 is 0 Å². The largest absolute Gasteiger partial charge is 0.237 e. The molecule has 3 heteroatoms.